The minimum atomic E-state index is 0.717. The standard InChI is InChI=1S/C51H38N2/c1-3-11-34(12-4-2)35-23-27-39(28-24-35)48-33-49(53-51(52-48)41-13-6-5-7-14-41)40-29-25-37(26-30-40)36-19-21-38(22-20-36)43-31-42-15-10-18-46-44-16-8-9-17-45(44)47(32-43)50(42)46/h3,5-33H,4H2,1-2H3/b11-3-,34-12+. The minimum Gasteiger partial charge on any atom is -0.228 e. The van der Waals surface area contributed by atoms with Crippen molar-refractivity contribution in [2.45, 2.75) is 20.3 Å². The quantitative estimate of drug-likeness (QED) is 0.150. The van der Waals surface area contributed by atoms with Crippen LogP contribution in [0.15, 0.2) is 182 Å². The van der Waals surface area contributed by atoms with Gasteiger partial charge in [0.1, 0.15) is 0 Å². The maximum Gasteiger partial charge on any atom is 0.160 e. The fourth-order valence-electron chi connectivity index (χ4n) is 7.65. The monoisotopic (exact) mass is 678 g/mol. The van der Waals surface area contributed by atoms with Crippen LogP contribution < -0.4 is 0 Å². The van der Waals surface area contributed by atoms with Gasteiger partial charge in [0.2, 0.25) is 0 Å². The molecule has 7 aromatic carbocycles. The summed E-state index contributed by atoms with van der Waals surface area (Å²) < 4.78 is 0. The van der Waals surface area contributed by atoms with Crippen LogP contribution in [0.1, 0.15) is 25.8 Å². The van der Waals surface area contributed by atoms with Gasteiger partial charge in [-0.3, -0.25) is 0 Å². The van der Waals surface area contributed by atoms with E-state index in [-0.39, 0.29) is 0 Å². The SMILES string of the molecule is C/C=C\C(=C/CC)c1ccc(-c2cc(-c3ccc(-c4ccc(-c5cc6c7c(cccc7c5)-c5ccccc5-6)cc4)cc3)nc(-c3ccccc3)n2)cc1. The zero-order valence-electron chi connectivity index (χ0n) is 29.9. The Balaban J connectivity index is 1.02. The van der Waals surface area contributed by atoms with Crippen molar-refractivity contribution in [3.8, 4) is 78.4 Å². The summed E-state index contributed by atoms with van der Waals surface area (Å²) in [5, 5.41) is 2.64. The Kier molecular flexibility index (Phi) is 8.42. The van der Waals surface area contributed by atoms with Crippen LogP contribution in [0.25, 0.3) is 94.8 Å². The molecule has 0 saturated carbocycles. The number of benzene rings is 7. The second-order valence-corrected chi connectivity index (χ2v) is 13.6. The largest absolute Gasteiger partial charge is 0.228 e. The first kappa shape index (κ1) is 32.3. The van der Waals surface area contributed by atoms with Crippen LogP contribution in [-0.4, -0.2) is 9.97 Å². The van der Waals surface area contributed by atoms with Gasteiger partial charge in [-0.25, -0.2) is 9.97 Å². The van der Waals surface area contributed by atoms with Crippen LogP contribution in [0, 0.1) is 0 Å². The van der Waals surface area contributed by atoms with Crippen molar-refractivity contribution >= 4 is 16.3 Å². The first-order chi connectivity index (χ1) is 26.2. The number of allylic oxidation sites excluding steroid dienone is 4. The van der Waals surface area contributed by atoms with Gasteiger partial charge in [0.05, 0.1) is 11.4 Å². The third kappa shape index (κ3) is 6.09. The molecule has 0 N–H and O–H groups in total. The first-order valence-corrected chi connectivity index (χ1v) is 18.4. The molecule has 0 atom stereocenters. The molecule has 0 radical (unpaired) electrons. The first-order valence-electron chi connectivity index (χ1n) is 18.4. The van der Waals surface area contributed by atoms with Crippen LogP contribution in [0.2, 0.25) is 0 Å². The van der Waals surface area contributed by atoms with E-state index >= 15 is 0 Å². The Morgan fingerprint density at radius 2 is 1.02 bits per heavy atom. The summed E-state index contributed by atoms with van der Waals surface area (Å²) in [6.07, 6.45) is 7.51. The van der Waals surface area contributed by atoms with Gasteiger partial charge in [-0.1, -0.05) is 171 Å². The van der Waals surface area contributed by atoms with Crippen molar-refractivity contribution < 1.29 is 0 Å². The van der Waals surface area contributed by atoms with Crippen LogP contribution in [0.3, 0.4) is 0 Å². The van der Waals surface area contributed by atoms with Gasteiger partial charge in [0.25, 0.3) is 0 Å². The van der Waals surface area contributed by atoms with Crippen LogP contribution in [-0.2, 0) is 0 Å². The molecule has 1 heterocycles. The number of rotatable bonds is 8. The zero-order chi connectivity index (χ0) is 35.7. The molecule has 2 heteroatoms. The summed E-state index contributed by atoms with van der Waals surface area (Å²) in [6.45, 7) is 4.23. The van der Waals surface area contributed by atoms with Crippen molar-refractivity contribution in [2.75, 3.05) is 0 Å². The minimum absolute atomic E-state index is 0.717. The molecule has 1 aromatic heterocycles. The van der Waals surface area contributed by atoms with Gasteiger partial charge in [0.15, 0.2) is 5.82 Å². The molecular weight excluding hydrogens is 641 g/mol. The fraction of sp³-hybridized carbons (Fsp3) is 0.0588. The number of nitrogens with zero attached hydrogens (tertiary/aromatic N) is 2. The molecule has 1 aliphatic rings. The lowest BCUT2D eigenvalue weighted by Gasteiger charge is -2.11. The molecule has 53 heavy (non-hydrogen) atoms. The summed E-state index contributed by atoms with van der Waals surface area (Å²) in [6, 6.07) is 58.8. The Morgan fingerprint density at radius 1 is 0.472 bits per heavy atom. The second kappa shape index (κ2) is 13.8. The number of hydrogen-bond acceptors (Lipinski definition) is 2. The van der Waals surface area contributed by atoms with Crippen LogP contribution in [0.5, 0.6) is 0 Å². The lowest BCUT2D eigenvalue weighted by Crippen LogP contribution is -1.96. The Bertz CT molecular complexity index is 2660. The molecule has 0 saturated heterocycles. The third-order valence-electron chi connectivity index (χ3n) is 10.3. The molecule has 0 bridgehead atoms. The maximum absolute atomic E-state index is 5.07. The highest BCUT2D eigenvalue weighted by Crippen LogP contribution is 2.48. The molecule has 8 aromatic rings. The highest BCUT2D eigenvalue weighted by Gasteiger charge is 2.21. The molecule has 0 amide bonds. The van der Waals surface area contributed by atoms with E-state index in [1.165, 1.54) is 66.4 Å². The van der Waals surface area contributed by atoms with E-state index in [9.17, 15) is 0 Å². The zero-order valence-corrected chi connectivity index (χ0v) is 29.9. The molecule has 0 unspecified atom stereocenters. The third-order valence-corrected chi connectivity index (χ3v) is 10.3. The maximum atomic E-state index is 5.07. The fourth-order valence-corrected chi connectivity index (χ4v) is 7.65. The lowest BCUT2D eigenvalue weighted by atomic mass is 9.94. The Hall–Kier alpha value is -6.64. The average Bonchev–Trinajstić information content (AvgIpc) is 3.55. The predicted molar refractivity (Wildman–Crippen MR) is 224 cm³/mol. The molecule has 0 spiro atoms. The number of hydrogen-bond donors (Lipinski definition) is 0. The van der Waals surface area contributed by atoms with E-state index in [1.807, 2.05) is 18.2 Å². The Labute approximate surface area is 311 Å². The number of fused-ring (bicyclic) bond motifs is 3. The van der Waals surface area contributed by atoms with Gasteiger partial charge in [-0.05, 0) is 98.0 Å². The topological polar surface area (TPSA) is 25.8 Å². The van der Waals surface area contributed by atoms with E-state index in [2.05, 4.69) is 178 Å². The summed E-state index contributed by atoms with van der Waals surface area (Å²) in [4.78, 5) is 10.1. The van der Waals surface area contributed by atoms with E-state index in [0.717, 1.165) is 34.5 Å². The molecule has 0 aliphatic heterocycles. The van der Waals surface area contributed by atoms with Crippen molar-refractivity contribution in [3.63, 3.8) is 0 Å². The van der Waals surface area contributed by atoms with Gasteiger partial charge < -0.3 is 0 Å². The normalized spacial score (nSPS) is 12.1. The van der Waals surface area contributed by atoms with Crippen LogP contribution in [0.4, 0.5) is 0 Å². The van der Waals surface area contributed by atoms with E-state index in [4.69, 9.17) is 9.97 Å². The van der Waals surface area contributed by atoms with Gasteiger partial charge in [-0.15, -0.1) is 0 Å². The van der Waals surface area contributed by atoms with Crippen molar-refractivity contribution in [2.24, 2.45) is 0 Å². The van der Waals surface area contributed by atoms with Crippen molar-refractivity contribution in [1.29, 1.82) is 0 Å². The van der Waals surface area contributed by atoms with Crippen LogP contribution >= 0.6 is 0 Å². The predicted octanol–water partition coefficient (Wildman–Crippen LogP) is 14.0. The van der Waals surface area contributed by atoms with E-state index in [0.29, 0.717) is 5.82 Å². The molecule has 2 nitrogen and oxygen atoms in total. The van der Waals surface area contributed by atoms with Crippen molar-refractivity contribution in [3.05, 3.63) is 188 Å². The summed E-state index contributed by atoms with van der Waals surface area (Å²) in [5.74, 6) is 0.717. The summed E-state index contributed by atoms with van der Waals surface area (Å²) in [7, 11) is 0. The highest BCUT2D eigenvalue weighted by molar-refractivity contribution is 6.16. The molecule has 9 rings (SSSR count). The lowest BCUT2D eigenvalue weighted by molar-refractivity contribution is 1.18. The summed E-state index contributed by atoms with van der Waals surface area (Å²) >= 11 is 0. The molecule has 252 valence electrons. The smallest absolute Gasteiger partial charge is 0.160 e. The van der Waals surface area contributed by atoms with Crippen molar-refractivity contribution in [1.82, 2.24) is 9.97 Å². The van der Waals surface area contributed by atoms with E-state index < -0.39 is 0 Å². The van der Waals surface area contributed by atoms with Gasteiger partial charge in [0, 0.05) is 16.7 Å². The average molecular weight is 679 g/mol. The van der Waals surface area contributed by atoms with E-state index in [1.54, 1.807) is 0 Å². The number of aromatic nitrogens is 2. The second-order valence-electron chi connectivity index (χ2n) is 13.6. The van der Waals surface area contributed by atoms with Gasteiger partial charge in [-0.2, -0.15) is 0 Å². The summed E-state index contributed by atoms with van der Waals surface area (Å²) in [5.41, 5.74) is 17.5. The Morgan fingerprint density at radius 3 is 1.64 bits per heavy atom. The molecule has 1 aliphatic carbocycles. The molecular formula is C51H38N2. The highest BCUT2D eigenvalue weighted by atomic mass is 14.9. The van der Waals surface area contributed by atoms with Gasteiger partial charge >= 0.3 is 0 Å². The molecule has 0 fully saturated rings.